The smallest absolute Gasteiger partial charge is 0.222 e. The van der Waals surface area contributed by atoms with E-state index in [-0.39, 0.29) is 5.91 Å². The summed E-state index contributed by atoms with van der Waals surface area (Å²) < 4.78 is 0. The average molecular weight is 368 g/mol. The summed E-state index contributed by atoms with van der Waals surface area (Å²) in [6.45, 7) is 6.44. The summed E-state index contributed by atoms with van der Waals surface area (Å²) in [6.07, 6.45) is 1.67. The van der Waals surface area contributed by atoms with Crippen molar-refractivity contribution < 1.29 is 4.79 Å². The summed E-state index contributed by atoms with van der Waals surface area (Å²) >= 11 is 5.38. The number of carbonyl (C=O) groups is 1. The molecule has 4 nitrogen and oxygen atoms in total. The van der Waals surface area contributed by atoms with Gasteiger partial charge in [0.05, 0.1) is 0 Å². The topological polar surface area (TPSA) is 44.4 Å². The second-order valence-electron chi connectivity index (χ2n) is 6.84. The van der Waals surface area contributed by atoms with Crippen molar-refractivity contribution in [3.8, 4) is 0 Å². The van der Waals surface area contributed by atoms with Gasteiger partial charge in [-0.25, -0.2) is 0 Å². The van der Waals surface area contributed by atoms with Crippen LogP contribution in [0.3, 0.4) is 0 Å². The number of rotatable bonds is 5. The van der Waals surface area contributed by atoms with E-state index < -0.39 is 0 Å². The van der Waals surface area contributed by atoms with E-state index in [9.17, 15) is 4.79 Å². The molecule has 0 atom stereocenters. The second kappa shape index (κ2) is 8.32. The molecule has 3 rings (SSSR count). The van der Waals surface area contributed by atoms with E-state index in [1.54, 1.807) is 0 Å². The first-order valence-electron chi connectivity index (χ1n) is 8.99. The quantitative estimate of drug-likeness (QED) is 0.787. The number of anilines is 1. The van der Waals surface area contributed by atoms with Crippen LogP contribution in [0.15, 0.2) is 42.5 Å². The van der Waals surface area contributed by atoms with Crippen LogP contribution in [-0.4, -0.2) is 22.5 Å². The standard InChI is InChI=1S/C21H25N3OS/c1-15-5-10-19(12-16(15)2)23-21(26)22-13-17-6-8-18(9-7-17)14-24-11-3-4-20(24)25/h5-10,12H,3-4,11,13-14H2,1-2H3,(H2,22,23,26). The maximum Gasteiger partial charge on any atom is 0.222 e. The number of likely N-dealkylation sites (tertiary alicyclic amines) is 1. The lowest BCUT2D eigenvalue weighted by atomic mass is 10.1. The zero-order chi connectivity index (χ0) is 18.5. The van der Waals surface area contributed by atoms with Crippen LogP contribution >= 0.6 is 12.2 Å². The molecule has 0 aromatic heterocycles. The summed E-state index contributed by atoms with van der Waals surface area (Å²) in [5, 5.41) is 7.07. The molecule has 1 aliphatic rings. The fourth-order valence-corrected chi connectivity index (χ4v) is 3.22. The minimum atomic E-state index is 0.263. The van der Waals surface area contributed by atoms with Gasteiger partial charge < -0.3 is 15.5 Å². The Bertz CT molecular complexity index is 801. The van der Waals surface area contributed by atoms with Gasteiger partial charge in [-0.05, 0) is 66.9 Å². The number of benzene rings is 2. The molecule has 1 saturated heterocycles. The lowest BCUT2D eigenvalue weighted by molar-refractivity contribution is -0.128. The molecule has 2 aromatic carbocycles. The maximum atomic E-state index is 11.7. The molecule has 2 N–H and O–H groups in total. The van der Waals surface area contributed by atoms with Crippen molar-refractivity contribution in [3.63, 3.8) is 0 Å². The van der Waals surface area contributed by atoms with E-state index in [0.717, 1.165) is 24.2 Å². The highest BCUT2D eigenvalue weighted by Crippen LogP contribution is 2.15. The molecule has 0 saturated carbocycles. The average Bonchev–Trinajstić information content (AvgIpc) is 3.02. The Balaban J connectivity index is 1.48. The van der Waals surface area contributed by atoms with E-state index in [1.165, 1.54) is 16.7 Å². The second-order valence-corrected chi connectivity index (χ2v) is 7.25. The van der Waals surface area contributed by atoms with Gasteiger partial charge >= 0.3 is 0 Å². The number of hydrogen-bond donors (Lipinski definition) is 2. The fourth-order valence-electron chi connectivity index (χ4n) is 3.03. The van der Waals surface area contributed by atoms with E-state index >= 15 is 0 Å². The minimum absolute atomic E-state index is 0.263. The van der Waals surface area contributed by atoms with Crippen LogP contribution in [0.5, 0.6) is 0 Å². The fraction of sp³-hybridized carbons (Fsp3) is 0.333. The van der Waals surface area contributed by atoms with Gasteiger partial charge in [-0.2, -0.15) is 0 Å². The number of carbonyl (C=O) groups excluding carboxylic acids is 1. The number of thiocarbonyl (C=S) groups is 1. The van der Waals surface area contributed by atoms with Gasteiger partial charge in [-0.1, -0.05) is 30.3 Å². The molecule has 1 fully saturated rings. The molecular weight excluding hydrogens is 342 g/mol. The van der Waals surface area contributed by atoms with E-state index in [1.807, 2.05) is 11.0 Å². The zero-order valence-corrected chi connectivity index (χ0v) is 16.2. The lowest BCUT2D eigenvalue weighted by Crippen LogP contribution is -2.28. The molecule has 0 bridgehead atoms. The maximum absolute atomic E-state index is 11.7. The molecule has 0 unspecified atom stereocenters. The Labute approximate surface area is 160 Å². The van der Waals surface area contributed by atoms with Crippen LogP contribution in [0.2, 0.25) is 0 Å². The molecule has 1 heterocycles. The van der Waals surface area contributed by atoms with Crippen molar-refractivity contribution in [2.24, 2.45) is 0 Å². The molecule has 0 spiro atoms. The molecule has 5 heteroatoms. The van der Waals surface area contributed by atoms with Crippen molar-refractivity contribution in [2.75, 3.05) is 11.9 Å². The molecule has 1 aliphatic heterocycles. The van der Waals surface area contributed by atoms with Crippen LogP contribution < -0.4 is 10.6 Å². The third kappa shape index (κ3) is 4.82. The Morgan fingerprint density at radius 1 is 1.08 bits per heavy atom. The van der Waals surface area contributed by atoms with Gasteiger partial charge in [0.15, 0.2) is 5.11 Å². The van der Waals surface area contributed by atoms with Crippen molar-refractivity contribution in [2.45, 2.75) is 39.8 Å². The van der Waals surface area contributed by atoms with E-state index in [4.69, 9.17) is 12.2 Å². The predicted octanol–water partition coefficient (Wildman–Crippen LogP) is 3.91. The van der Waals surface area contributed by atoms with Crippen LogP contribution in [0, 0.1) is 13.8 Å². The Morgan fingerprint density at radius 3 is 2.46 bits per heavy atom. The first kappa shape index (κ1) is 18.4. The van der Waals surface area contributed by atoms with Crippen molar-refractivity contribution >= 4 is 28.9 Å². The van der Waals surface area contributed by atoms with Gasteiger partial charge in [0.1, 0.15) is 0 Å². The normalized spacial score (nSPS) is 13.8. The first-order chi connectivity index (χ1) is 12.5. The largest absolute Gasteiger partial charge is 0.358 e. The van der Waals surface area contributed by atoms with Gasteiger partial charge in [0.25, 0.3) is 0 Å². The summed E-state index contributed by atoms with van der Waals surface area (Å²) in [5.41, 5.74) is 5.83. The molecule has 26 heavy (non-hydrogen) atoms. The van der Waals surface area contributed by atoms with Gasteiger partial charge in [-0.15, -0.1) is 0 Å². The van der Waals surface area contributed by atoms with Crippen LogP contribution in [-0.2, 0) is 17.9 Å². The van der Waals surface area contributed by atoms with Crippen LogP contribution in [0.25, 0.3) is 0 Å². The summed E-state index contributed by atoms with van der Waals surface area (Å²) in [6, 6.07) is 14.6. The van der Waals surface area contributed by atoms with Crippen molar-refractivity contribution in [3.05, 3.63) is 64.7 Å². The highest BCUT2D eigenvalue weighted by molar-refractivity contribution is 7.80. The molecule has 1 amide bonds. The van der Waals surface area contributed by atoms with Gasteiger partial charge in [-0.3, -0.25) is 4.79 Å². The van der Waals surface area contributed by atoms with Gasteiger partial charge in [0, 0.05) is 31.7 Å². The SMILES string of the molecule is Cc1ccc(NC(=S)NCc2ccc(CN3CCCC3=O)cc2)cc1C. The number of nitrogens with one attached hydrogen (secondary N) is 2. The number of nitrogens with zero attached hydrogens (tertiary/aromatic N) is 1. The monoisotopic (exact) mass is 367 g/mol. The predicted molar refractivity (Wildman–Crippen MR) is 110 cm³/mol. The Hall–Kier alpha value is -2.40. The molecule has 0 radical (unpaired) electrons. The number of aryl methyl sites for hydroxylation is 2. The number of hydrogen-bond acceptors (Lipinski definition) is 2. The zero-order valence-electron chi connectivity index (χ0n) is 15.3. The minimum Gasteiger partial charge on any atom is -0.358 e. The molecule has 2 aromatic rings. The Morgan fingerprint density at radius 2 is 1.81 bits per heavy atom. The van der Waals surface area contributed by atoms with Crippen molar-refractivity contribution in [1.29, 1.82) is 0 Å². The van der Waals surface area contributed by atoms with Crippen LogP contribution in [0.4, 0.5) is 5.69 Å². The van der Waals surface area contributed by atoms with Crippen molar-refractivity contribution in [1.82, 2.24) is 10.2 Å². The van der Waals surface area contributed by atoms with Gasteiger partial charge in [0.2, 0.25) is 5.91 Å². The Kier molecular flexibility index (Phi) is 5.89. The summed E-state index contributed by atoms with van der Waals surface area (Å²) in [4.78, 5) is 13.6. The van der Waals surface area contributed by atoms with E-state index in [0.29, 0.717) is 24.6 Å². The van der Waals surface area contributed by atoms with Crippen LogP contribution in [0.1, 0.15) is 35.1 Å². The molecule has 136 valence electrons. The lowest BCUT2D eigenvalue weighted by Gasteiger charge is -2.16. The summed E-state index contributed by atoms with van der Waals surface area (Å²) in [7, 11) is 0. The third-order valence-electron chi connectivity index (χ3n) is 4.79. The first-order valence-corrected chi connectivity index (χ1v) is 9.40. The third-order valence-corrected chi connectivity index (χ3v) is 5.03. The molecular formula is C21H25N3OS. The van der Waals surface area contributed by atoms with E-state index in [2.05, 4.69) is 60.9 Å². The highest BCUT2D eigenvalue weighted by atomic mass is 32.1. The molecule has 0 aliphatic carbocycles. The highest BCUT2D eigenvalue weighted by Gasteiger charge is 2.19. The summed E-state index contributed by atoms with van der Waals surface area (Å²) in [5.74, 6) is 0.263. The number of amides is 1.